The van der Waals surface area contributed by atoms with Crippen LogP contribution in [0.4, 0.5) is 18.9 Å². The lowest BCUT2D eigenvalue weighted by Gasteiger charge is -2.47. The zero-order valence-electron chi connectivity index (χ0n) is 17.0. The van der Waals surface area contributed by atoms with Gasteiger partial charge in [0.15, 0.2) is 0 Å². The maximum Gasteiger partial charge on any atom is 0.416 e. The van der Waals surface area contributed by atoms with Gasteiger partial charge in [-0.1, -0.05) is 24.3 Å². The van der Waals surface area contributed by atoms with Crippen LogP contribution in [0.3, 0.4) is 0 Å². The van der Waals surface area contributed by atoms with Gasteiger partial charge >= 0.3 is 6.18 Å². The molecule has 1 saturated heterocycles. The van der Waals surface area contributed by atoms with Crippen molar-refractivity contribution >= 4 is 5.69 Å². The van der Waals surface area contributed by atoms with Gasteiger partial charge in [0.1, 0.15) is 0 Å². The summed E-state index contributed by atoms with van der Waals surface area (Å²) < 4.78 is 46.7. The van der Waals surface area contributed by atoms with Crippen LogP contribution in [0.5, 0.6) is 0 Å². The standard InChI is InChI=1S/C24H29F3N2O/c25-24(26,27)17-8-11-21-20(12-17)23-19(22(29-21)16-4-2-1-3-5-16)10-9-18(30-23)14-28-13-15-6-7-15/h1-4,8,11-12,15-16,18-19,22-23,28-29H,5-7,9-10,13-14H2/t16?,18-,19+,22+,23+/m1/s1. The summed E-state index contributed by atoms with van der Waals surface area (Å²) in [6.45, 7) is 1.80. The van der Waals surface area contributed by atoms with Gasteiger partial charge < -0.3 is 15.4 Å². The summed E-state index contributed by atoms with van der Waals surface area (Å²) in [5.74, 6) is 1.29. The number of ether oxygens (including phenoxy) is 1. The van der Waals surface area contributed by atoms with E-state index in [1.165, 1.54) is 25.0 Å². The van der Waals surface area contributed by atoms with Gasteiger partial charge in [0.2, 0.25) is 0 Å². The van der Waals surface area contributed by atoms with Crippen molar-refractivity contribution in [1.82, 2.24) is 5.32 Å². The van der Waals surface area contributed by atoms with Gasteiger partial charge in [-0.15, -0.1) is 0 Å². The molecular formula is C24H29F3N2O. The molecule has 0 aromatic heterocycles. The summed E-state index contributed by atoms with van der Waals surface area (Å²) in [6, 6.07) is 4.23. The second kappa shape index (κ2) is 8.04. The van der Waals surface area contributed by atoms with E-state index in [1.807, 2.05) is 0 Å². The van der Waals surface area contributed by atoms with Crippen molar-refractivity contribution in [2.45, 2.75) is 56.5 Å². The number of rotatable bonds is 5. The lowest BCUT2D eigenvalue weighted by molar-refractivity contribution is -0.138. The molecule has 0 radical (unpaired) electrons. The zero-order valence-corrected chi connectivity index (χ0v) is 17.0. The minimum Gasteiger partial charge on any atom is -0.381 e. The van der Waals surface area contributed by atoms with E-state index in [0.717, 1.165) is 44.0 Å². The normalized spacial score (nSPS) is 33.0. The van der Waals surface area contributed by atoms with E-state index in [0.29, 0.717) is 11.5 Å². The first-order valence-electron chi connectivity index (χ1n) is 11.2. The first-order valence-corrected chi connectivity index (χ1v) is 11.2. The average molecular weight is 419 g/mol. The number of alkyl halides is 3. The van der Waals surface area contributed by atoms with E-state index in [4.69, 9.17) is 4.74 Å². The summed E-state index contributed by atoms with van der Waals surface area (Å²) in [4.78, 5) is 0. The van der Waals surface area contributed by atoms with Crippen LogP contribution < -0.4 is 10.6 Å². The van der Waals surface area contributed by atoms with Gasteiger partial charge in [-0.05, 0) is 62.8 Å². The third kappa shape index (κ3) is 4.17. The van der Waals surface area contributed by atoms with Crippen molar-refractivity contribution in [2.75, 3.05) is 18.4 Å². The van der Waals surface area contributed by atoms with Crippen LogP contribution in [0.15, 0.2) is 42.5 Å². The van der Waals surface area contributed by atoms with Crippen LogP contribution in [0.2, 0.25) is 0 Å². The van der Waals surface area contributed by atoms with E-state index in [2.05, 4.69) is 34.9 Å². The van der Waals surface area contributed by atoms with E-state index >= 15 is 0 Å². The Morgan fingerprint density at radius 2 is 1.93 bits per heavy atom. The molecule has 1 aromatic carbocycles. The Bertz CT molecular complexity index is 830. The third-order valence-corrected chi connectivity index (χ3v) is 7.00. The molecule has 0 bridgehead atoms. The third-order valence-electron chi connectivity index (χ3n) is 7.00. The molecule has 1 unspecified atom stereocenters. The molecule has 4 aliphatic rings. The first kappa shape index (κ1) is 20.1. The summed E-state index contributed by atoms with van der Waals surface area (Å²) >= 11 is 0. The van der Waals surface area contributed by atoms with Gasteiger partial charge in [0.05, 0.1) is 17.8 Å². The first-order chi connectivity index (χ1) is 14.5. The van der Waals surface area contributed by atoms with E-state index in [1.54, 1.807) is 6.07 Å². The fraction of sp³-hybridized carbons (Fsp3) is 0.583. The van der Waals surface area contributed by atoms with Gasteiger partial charge in [0, 0.05) is 35.7 Å². The predicted molar refractivity (Wildman–Crippen MR) is 111 cm³/mol. The SMILES string of the molecule is FC(F)(F)c1ccc2c(c1)[C@H]1O[C@@H](CNCC3CC3)CC[C@H]1[C@H](C1C=CC=CC1)N2. The Kier molecular flexibility index (Phi) is 5.40. The molecule has 1 saturated carbocycles. The second-order valence-corrected chi connectivity index (χ2v) is 9.20. The highest BCUT2D eigenvalue weighted by Gasteiger charge is 2.45. The van der Waals surface area contributed by atoms with Crippen LogP contribution in [0, 0.1) is 17.8 Å². The average Bonchev–Trinajstić information content (AvgIpc) is 3.57. The van der Waals surface area contributed by atoms with E-state index < -0.39 is 11.7 Å². The summed E-state index contributed by atoms with van der Waals surface area (Å²) in [5, 5.41) is 7.08. The van der Waals surface area contributed by atoms with Crippen LogP contribution in [-0.4, -0.2) is 25.2 Å². The molecule has 2 N–H and O–H groups in total. The number of allylic oxidation sites excluding steroid dienone is 3. The molecule has 162 valence electrons. The van der Waals surface area contributed by atoms with Crippen LogP contribution in [-0.2, 0) is 10.9 Å². The topological polar surface area (TPSA) is 33.3 Å². The number of hydrogen-bond acceptors (Lipinski definition) is 3. The summed E-state index contributed by atoms with van der Waals surface area (Å²) in [6.07, 6.45) is 9.35. The van der Waals surface area contributed by atoms with Crippen molar-refractivity contribution in [3.63, 3.8) is 0 Å². The van der Waals surface area contributed by atoms with Crippen molar-refractivity contribution in [3.8, 4) is 0 Å². The molecule has 30 heavy (non-hydrogen) atoms. The van der Waals surface area contributed by atoms with Crippen LogP contribution in [0.1, 0.15) is 49.3 Å². The van der Waals surface area contributed by atoms with Crippen molar-refractivity contribution in [3.05, 3.63) is 53.6 Å². The summed E-state index contributed by atoms with van der Waals surface area (Å²) in [5.41, 5.74) is 0.843. The molecule has 3 nitrogen and oxygen atoms in total. The number of benzene rings is 1. The Morgan fingerprint density at radius 1 is 1.07 bits per heavy atom. The molecule has 2 aliphatic heterocycles. The van der Waals surface area contributed by atoms with Crippen molar-refractivity contribution in [2.24, 2.45) is 17.8 Å². The lowest BCUT2D eigenvalue weighted by Crippen LogP contribution is -2.48. The summed E-state index contributed by atoms with van der Waals surface area (Å²) in [7, 11) is 0. The smallest absolute Gasteiger partial charge is 0.381 e. The molecule has 2 fully saturated rings. The monoisotopic (exact) mass is 418 g/mol. The number of anilines is 1. The fourth-order valence-corrected chi connectivity index (χ4v) is 5.18. The van der Waals surface area contributed by atoms with Gasteiger partial charge in [0.25, 0.3) is 0 Å². The molecular weight excluding hydrogens is 389 g/mol. The Hall–Kier alpha value is -1.79. The highest BCUT2D eigenvalue weighted by atomic mass is 19.4. The fourth-order valence-electron chi connectivity index (χ4n) is 5.18. The Balaban J connectivity index is 1.40. The lowest BCUT2D eigenvalue weighted by atomic mass is 9.73. The van der Waals surface area contributed by atoms with Crippen LogP contribution in [0.25, 0.3) is 0 Å². The number of halogens is 3. The molecule has 2 heterocycles. The van der Waals surface area contributed by atoms with Gasteiger partial charge in [-0.2, -0.15) is 13.2 Å². The minimum atomic E-state index is -4.35. The predicted octanol–water partition coefficient (Wildman–Crippen LogP) is 5.47. The molecule has 6 heteroatoms. The largest absolute Gasteiger partial charge is 0.416 e. The zero-order chi connectivity index (χ0) is 20.7. The highest BCUT2D eigenvalue weighted by molar-refractivity contribution is 5.58. The minimum absolute atomic E-state index is 0.0490. The van der Waals surface area contributed by atoms with E-state index in [9.17, 15) is 13.2 Å². The van der Waals surface area contributed by atoms with E-state index in [-0.39, 0.29) is 24.2 Å². The van der Waals surface area contributed by atoms with Crippen molar-refractivity contribution in [1.29, 1.82) is 0 Å². The highest BCUT2D eigenvalue weighted by Crippen LogP contribution is 2.49. The van der Waals surface area contributed by atoms with Gasteiger partial charge in [-0.25, -0.2) is 0 Å². The maximum absolute atomic E-state index is 13.4. The van der Waals surface area contributed by atoms with Gasteiger partial charge in [-0.3, -0.25) is 0 Å². The van der Waals surface area contributed by atoms with Crippen LogP contribution >= 0.6 is 0 Å². The Labute approximate surface area is 175 Å². The number of hydrogen-bond donors (Lipinski definition) is 2. The van der Waals surface area contributed by atoms with Crippen molar-refractivity contribution < 1.29 is 17.9 Å². The molecule has 5 atom stereocenters. The molecule has 0 spiro atoms. The quantitative estimate of drug-likeness (QED) is 0.666. The molecule has 1 aromatic rings. The maximum atomic E-state index is 13.4. The molecule has 2 aliphatic carbocycles. The second-order valence-electron chi connectivity index (χ2n) is 9.20. The molecule has 0 amide bonds. The number of fused-ring (bicyclic) bond motifs is 3. The number of nitrogens with one attached hydrogen (secondary N) is 2. The molecule has 5 rings (SSSR count). The Morgan fingerprint density at radius 3 is 2.67 bits per heavy atom.